The molecule has 0 saturated heterocycles. The second kappa shape index (κ2) is 10.3. The van der Waals surface area contributed by atoms with Crippen molar-refractivity contribution >= 4 is 40.0 Å². The number of carbonyl (C=O) groups is 2. The molecule has 1 aliphatic rings. The van der Waals surface area contributed by atoms with Crippen molar-refractivity contribution in [2.45, 2.75) is 37.9 Å². The molecule has 8 nitrogen and oxygen atoms in total. The summed E-state index contributed by atoms with van der Waals surface area (Å²) in [5, 5.41) is 12.2. The first-order valence-electron chi connectivity index (χ1n) is 10.5. The lowest BCUT2D eigenvalue weighted by Gasteiger charge is -2.08. The Morgan fingerprint density at radius 1 is 1.24 bits per heavy atom. The Kier molecular flexibility index (Phi) is 7.29. The van der Waals surface area contributed by atoms with Gasteiger partial charge in [0.05, 0.1) is 17.9 Å². The van der Waals surface area contributed by atoms with Crippen molar-refractivity contribution in [2.24, 2.45) is 7.05 Å². The molecule has 0 unspecified atom stereocenters. The van der Waals surface area contributed by atoms with Crippen molar-refractivity contribution in [3.05, 3.63) is 51.9 Å². The van der Waals surface area contributed by atoms with E-state index in [0.29, 0.717) is 27.3 Å². The van der Waals surface area contributed by atoms with Gasteiger partial charge in [0.1, 0.15) is 23.2 Å². The monoisotopic (exact) mass is 490 g/mol. The van der Waals surface area contributed by atoms with Gasteiger partial charge in [-0.05, 0) is 56.0 Å². The molecule has 1 aromatic carbocycles. The predicted molar refractivity (Wildman–Crippen MR) is 123 cm³/mol. The van der Waals surface area contributed by atoms with Crippen LogP contribution in [0.1, 0.15) is 40.0 Å². The molecule has 0 radical (unpaired) electrons. The number of amides is 1. The van der Waals surface area contributed by atoms with E-state index in [1.165, 1.54) is 47.4 Å². The maximum absolute atomic E-state index is 13.0. The molecule has 0 bridgehead atoms. The van der Waals surface area contributed by atoms with Gasteiger partial charge < -0.3 is 19.4 Å². The zero-order valence-electron chi connectivity index (χ0n) is 18.2. The van der Waals surface area contributed by atoms with Crippen molar-refractivity contribution in [2.75, 3.05) is 17.7 Å². The van der Waals surface area contributed by atoms with Gasteiger partial charge in [0, 0.05) is 11.9 Å². The summed E-state index contributed by atoms with van der Waals surface area (Å²) in [7, 11) is 1.78. The molecule has 11 heteroatoms. The first kappa shape index (κ1) is 23.2. The third kappa shape index (κ3) is 5.36. The molecule has 1 aliphatic carbocycles. The number of thiophene rings is 1. The average molecular weight is 491 g/mol. The number of hydrogen-bond acceptors (Lipinski definition) is 8. The molecule has 4 rings (SSSR count). The van der Waals surface area contributed by atoms with E-state index in [1.807, 2.05) is 0 Å². The number of aryl methyl sites for hydroxylation is 1. The van der Waals surface area contributed by atoms with Gasteiger partial charge >= 0.3 is 5.97 Å². The maximum atomic E-state index is 13.0. The van der Waals surface area contributed by atoms with Crippen LogP contribution in [0.5, 0.6) is 5.75 Å². The van der Waals surface area contributed by atoms with Gasteiger partial charge in [-0.15, -0.1) is 21.5 Å². The van der Waals surface area contributed by atoms with Crippen LogP contribution in [0.4, 0.5) is 9.39 Å². The molecule has 1 amide bonds. The lowest BCUT2D eigenvalue weighted by atomic mass is 10.1. The summed E-state index contributed by atoms with van der Waals surface area (Å²) < 4.78 is 25.6. The maximum Gasteiger partial charge on any atom is 0.341 e. The number of benzene rings is 1. The van der Waals surface area contributed by atoms with E-state index in [0.717, 1.165) is 29.7 Å². The standard InChI is InChI=1S/C22H23FN4O4S2/c1-3-30-21(29)19-15-5-4-6-16(15)33-20(19)24-18(28)12-32-22-26-25-17(27(22)2)11-31-14-9-7-13(23)8-10-14/h7-10H,3-6,11-12H2,1-2H3,(H,24,28). The summed E-state index contributed by atoms with van der Waals surface area (Å²) in [6.07, 6.45) is 2.75. The first-order chi connectivity index (χ1) is 16.0. The van der Waals surface area contributed by atoms with Crippen LogP contribution < -0.4 is 10.1 Å². The van der Waals surface area contributed by atoms with Crippen LogP contribution in [-0.2, 0) is 36.0 Å². The molecule has 0 saturated carbocycles. The summed E-state index contributed by atoms with van der Waals surface area (Å²) in [5.41, 5.74) is 1.49. The fraction of sp³-hybridized carbons (Fsp3) is 0.364. The number of fused-ring (bicyclic) bond motifs is 1. The Morgan fingerprint density at radius 3 is 2.79 bits per heavy atom. The van der Waals surface area contributed by atoms with E-state index in [9.17, 15) is 14.0 Å². The van der Waals surface area contributed by atoms with E-state index < -0.39 is 0 Å². The van der Waals surface area contributed by atoms with Gasteiger partial charge in [-0.25, -0.2) is 9.18 Å². The highest BCUT2D eigenvalue weighted by molar-refractivity contribution is 7.99. The zero-order valence-corrected chi connectivity index (χ0v) is 19.9. The highest BCUT2D eigenvalue weighted by atomic mass is 32.2. The fourth-order valence-electron chi connectivity index (χ4n) is 3.48. The van der Waals surface area contributed by atoms with Crippen molar-refractivity contribution in [3.63, 3.8) is 0 Å². The zero-order chi connectivity index (χ0) is 23.4. The van der Waals surface area contributed by atoms with Crippen LogP contribution in [0, 0.1) is 5.82 Å². The quantitative estimate of drug-likeness (QED) is 0.358. The Labute approximate surface area is 198 Å². The van der Waals surface area contributed by atoms with E-state index in [2.05, 4.69) is 15.5 Å². The number of thioether (sulfide) groups is 1. The molecule has 0 fully saturated rings. The Morgan fingerprint density at radius 2 is 2.03 bits per heavy atom. The van der Waals surface area contributed by atoms with Crippen LogP contribution in [0.15, 0.2) is 29.4 Å². The van der Waals surface area contributed by atoms with Gasteiger partial charge in [0.25, 0.3) is 0 Å². The average Bonchev–Trinajstić information content (AvgIpc) is 3.47. The van der Waals surface area contributed by atoms with Gasteiger partial charge in [-0.3, -0.25) is 4.79 Å². The molecule has 33 heavy (non-hydrogen) atoms. The lowest BCUT2D eigenvalue weighted by Crippen LogP contribution is -2.17. The summed E-state index contributed by atoms with van der Waals surface area (Å²) in [5.74, 6) is 0.237. The predicted octanol–water partition coefficient (Wildman–Crippen LogP) is 3.99. The number of carbonyl (C=O) groups excluding carboxylic acids is 2. The summed E-state index contributed by atoms with van der Waals surface area (Å²) >= 11 is 2.68. The number of nitrogens with zero attached hydrogens (tertiary/aromatic N) is 3. The number of esters is 1. The van der Waals surface area contributed by atoms with Crippen molar-refractivity contribution in [1.29, 1.82) is 0 Å². The molecular weight excluding hydrogens is 467 g/mol. The van der Waals surface area contributed by atoms with E-state index in [-0.39, 0.29) is 36.7 Å². The molecule has 0 atom stereocenters. The van der Waals surface area contributed by atoms with Crippen molar-refractivity contribution in [3.8, 4) is 5.75 Å². The third-order valence-electron chi connectivity index (χ3n) is 5.09. The van der Waals surface area contributed by atoms with Gasteiger partial charge in [-0.1, -0.05) is 11.8 Å². The van der Waals surface area contributed by atoms with Crippen LogP contribution in [0.25, 0.3) is 0 Å². The number of anilines is 1. The lowest BCUT2D eigenvalue weighted by molar-refractivity contribution is -0.113. The Balaban J connectivity index is 1.35. The number of ether oxygens (including phenoxy) is 2. The highest BCUT2D eigenvalue weighted by Crippen LogP contribution is 2.39. The molecule has 3 aromatic rings. The minimum Gasteiger partial charge on any atom is -0.486 e. The number of nitrogens with one attached hydrogen (secondary N) is 1. The molecule has 1 N–H and O–H groups in total. The number of aromatic nitrogens is 3. The SMILES string of the molecule is CCOC(=O)c1c(NC(=O)CSc2nnc(COc3ccc(F)cc3)n2C)sc2c1CCC2. The smallest absolute Gasteiger partial charge is 0.341 e. The molecule has 2 heterocycles. The van der Waals surface area contributed by atoms with Gasteiger partial charge in [0.2, 0.25) is 5.91 Å². The number of hydrogen-bond donors (Lipinski definition) is 1. The minimum absolute atomic E-state index is 0.107. The second-order valence-electron chi connectivity index (χ2n) is 7.32. The van der Waals surface area contributed by atoms with Crippen LogP contribution in [0.2, 0.25) is 0 Å². The highest BCUT2D eigenvalue weighted by Gasteiger charge is 2.28. The van der Waals surface area contributed by atoms with Crippen molar-refractivity contribution < 1.29 is 23.5 Å². The fourth-order valence-corrected chi connectivity index (χ4v) is 5.50. The summed E-state index contributed by atoms with van der Waals surface area (Å²) in [6, 6.07) is 5.72. The normalized spacial score (nSPS) is 12.5. The van der Waals surface area contributed by atoms with E-state index in [1.54, 1.807) is 18.5 Å². The third-order valence-corrected chi connectivity index (χ3v) is 7.32. The minimum atomic E-state index is -0.390. The molecule has 174 valence electrons. The molecule has 2 aromatic heterocycles. The first-order valence-corrected chi connectivity index (χ1v) is 12.3. The topological polar surface area (TPSA) is 95.3 Å². The van der Waals surface area contributed by atoms with Gasteiger partial charge in [-0.2, -0.15) is 0 Å². The van der Waals surface area contributed by atoms with Crippen molar-refractivity contribution in [1.82, 2.24) is 14.8 Å². The van der Waals surface area contributed by atoms with E-state index in [4.69, 9.17) is 9.47 Å². The van der Waals surface area contributed by atoms with Crippen LogP contribution >= 0.6 is 23.1 Å². The molecule has 0 aliphatic heterocycles. The molecule has 0 spiro atoms. The van der Waals surface area contributed by atoms with Crippen LogP contribution in [-0.4, -0.2) is 39.0 Å². The number of rotatable bonds is 9. The second-order valence-corrected chi connectivity index (χ2v) is 9.37. The van der Waals surface area contributed by atoms with Gasteiger partial charge in [0.15, 0.2) is 11.0 Å². The summed E-state index contributed by atoms with van der Waals surface area (Å²) in [6.45, 7) is 2.21. The Hall–Kier alpha value is -2.92. The molecular formula is C22H23FN4O4S2. The Bertz CT molecular complexity index is 1160. The summed E-state index contributed by atoms with van der Waals surface area (Å²) in [4.78, 5) is 26.2. The largest absolute Gasteiger partial charge is 0.486 e. The van der Waals surface area contributed by atoms with E-state index >= 15 is 0 Å². The number of halogens is 1. The van der Waals surface area contributed by atoms with Crippen LogP contribution in [0.3, 0.4) is 0 Å².